The smallest absolute Gasteiger partial charge is 0.337 e. The molecular weight excluding hydrogens is 777 g/mol. The highest BCUT2D eigenvalue weighted by Gasteiger charge is 2.27. The van der Waals surface area contributed by atoms with Crippen LogP contribution in [0.2, 0.25) is 0 Å². The van der Waals surface area contributed by atoms with E-state index in [1.165, 1.54) is 18.4 Å². The van der Waals surface area contributed by atoms with Crippen molar-refractivity contribution in [1.82, 2.24) is 9.80 Å². The summed E-state index contributed by atoms with van der Waals surface area (Å²) >= 11 is 1.49. The van der Waals surface area contributed by atoms with E-state index in [1.807, 2.05) is 73.3 Å². The third kappa shape index (κ3) is 12.8. The number of hydrogen-bond donors (Lipinski definition) is 2. The van der Waals surface area contributed by atoms with E-state index in [0.29, 0.717) is 66.5 Å². The standard InChI is InChI=1S/C48H60N4O7S/c1-7-59-43(54)17-11-16-42(53)52(33(4)5)29-28-51(32(2)3)31-36-12-10-13-38(30-36)45(55)50-47-44(40-14-8-9-15-41(40)60-47)46(56)49-39-26-22-35(23-27-39)19-18-34-20-24-37(25-21-34)48(57)58-6/h10,12-13,20-27,30,32-33H,7-9,11,14-19,28-29,31H2,1-6H3,(H,49,56)(H,50,55). The Balaban J connectivity index is 1.21. The monoisotopic (exact) mass is 836 g/mol. The van der Waals surface area contributed by atoms with Crippen LogP contribution in [0, 0.1) is 0 Å². The molecule has 0 saturated heterocycles. The van der Waals surface area contributed by atoms with Crippen LogP contribution >= 0.6 is 11.3 Å². The first-order chi connectivity index (χ1) is 28.9. The lowest BCUT2D eigenvalue weighted by molar-refractivity contribution is -0.143. The van der Waals surface area contributed by atoms with Gasteiger partial charge in [-0.25, -0.2) is 4.79 Å². The Morgan fingerprint density at radius 1 is 0.750 bits per heavy atom. The van der Waals surface area contributed by atoms with E-state index < -0.39 is 0 Å². The second-order valence-corrected chi connectivity index (χ2v) is 16.9. The van der Waals surface area contributed by atoms with Crippen LogP contribution < -0.4 is 10.6 Å². The number of amides is 3. The third-order valence-electron chi connectivity index (χ3n) is 10.9. The minimum Gasteiger partial charge on any atom is -0.466 e. The van der Waals surface area contributed by atoms with Crippen LogP contribution in [0.5, 0.6) is 0 Å². The molecule has 0 spiro atoms. The highest BCUT2D eigenvalue weighted by Crippen LogP contribution is 2.39. The van der Waals surface area contributed by atoms with E-state index >= 15 is 0 Å². The van der Waals surface area contributed by atoms with Crippen LogP contribution in [0.25, 0.3) is 0 Å². The molecule has 2 N–H and O–H groups in total. The Labute approximate surface area is 358 Å². The van der Waals surface area contributed by atoms with Crippen molar-refractivity contribution in [1.29, 1.82) is 0 Å². The number of methoxy groups -OCH3 is 1. The fourth-order valence-corrected chi connectivity index (χ4v) is 8.75. The molecule has 320 valence electrons. The quantitative estimate of drug-likeness (QED) is 0.0844. The van der Waals surface area contributed by atoms with Crippen molar-refractivity contribution in [3.63, 3.8) is 0 Å². The molecule has 5 rings (SSSR count). The second kappa shape index (κ2) is 22.3. The molecular formula is C48H60N4O7S. The summed E-state index contributed by atoms with van der Waals surface area (Å²) in [6.45, 7) is 12.1. The number of fused-ring (bicyclic) bond motifs is 1. The van der Waals surface area contributed by atoms with Crippen LogP contribution in [0.3, 0.4) is 0 Å². The number of hydrogen-bond acceptors (Lipinski definition) is 9. The van der Waals surface area contributed by atoms with Crippen LogP contribution in [0.4, 0.5) is 10.7 Å². The molecule has 1 aromatic heterocycles. The van der Waals surface area contributed by atoms with Gasteiger partial charge in [-0.2, -0.15) is 0 Å². The first-order valence-corrected chi connectivity index (χ1v) is 22.0. The topological polar surface area (TPSA) is 134 Å². The maximum Gasteiger partial charge on any atom is 0.337 e. The number of rotatable bonds is 20. The molecule has 0 radical (unpaired) electrons. The number of nitrogens with one attached hydrogen (secondary N) is 2. The molecule has 3 amide bonds. The maximum atomic E-state index is 14.0. The number of aryl methyl sites for hydroxylation is 3. The lowest BCUT2D eigenvalue weighted by Gasteiger charge is -2.32. The number of anilines is 2. The van der Waals surface area contributed by atoms with E-state index in [4.69, 9.17) is 9.47 Å². The Bertz CT molecular complexity index is 2090. The van der Waals surface area contributed by atoms with Crippen molar-refractivity contribution in [3.8, 4) is 0 Å². The van der Waals surface area contributed by atoms with Crippen LogP contribution in [0.1, 0.15) is 125 Å². The number of carbonyl (C=O) groups is 5. The maximum absolute atomic E-state index is 14.0. The molecule has 12 heteroatoms. The van der Waals surface area contributed by atoms with E-state index in [1.54, 1.807) is 25.1 Å². The summed E-state index contributed by atoms with van der Waals surface area (Å²) in [5.74, 6) is -1.13. The van der Waals surface area contributed by atoms with Crippen LogP contribution in [-0.4, -0.2) is 78.3 Å². The van der Waals surface area contributed by atoms with Gasteiger partial charge in [-0.1, -0.05) is 36.4 Å². The molecule has 1 aliphatic carbocycles. The minimum absolute atomic E-state index is 0.0132. The highest BCUT2D eigenvalue weighted by atomic mass is 32.1. The fraction of sp³-hybridized carbons (Fsp3) is 0.438. The predicted octanol–water partition coefficient (Wildman–Crippen LogP) is 8.88. The number of esters is 2. The Morgan fingerprint density at radius 2 is 1.43 bits per heavy atom. The zero-order chi connectivity index (χ0) is 43.2. The Morgan fingerprint density at radius 3 is 2.08 bits per heavy atom. The van der Waals surface area contributed by atoms with Crippen molar-refractivity contribution in [3.05, 3.63) is 117 Å². The molecule has 0 fully saturated rings. The minimum atomic E-state index is -0.355. The number of nitrogens with zero attached hydrogens (tertiary/aromatic N) is 2. The van der Waals surface area contributed by atoms with Gasteiger partial charge in [0.2, 0.25) is 5.91 Å². The molecule has 0 bridgehead atoms. The summed E-state index contributed by atoms with van der Waals surface area (Å²) in [6.07, 6.45) is 6.29. The van der Waals surface area contributed by atoms with Crippen molar-refractivity contribution >= 4 is 51.7 Å². The lowest BCUT2D eigenvalue weighted by Crippen LogP contribution is -2.44. The molecule has 3 aromatic carbocycles. The first-order valence-electron chi connectivity index (χ1n) is 21.2. The molecule has 11 nitrogen and oxygen atoms in total. The van der Waals surface area contributed by atoms with E-state index in [2.05, 4.69) is 29.4 Å². The predicted molar refractivity (Wildman–Crippen MR) is 238 cm³/mol. The largest absolute Gasteiger partial charge is 0.466 e. The fourth-order valence-electron chi connectivity index (χ4n) is 7.46. The summed E-state index contributed by atoms with van der Waals surface area (Å²) in [5, 5.41) is 6.76. The summed E-state index contributed by atoms with van der Waals surface area (Å²) < 4.78 is 9.79. The Hall–Kier alpha value is -5.33. The van der Waals surface area contributed by atoms with Gasteiger partial charge in [0.25, 0.3) is 11.8 Å². The van der Waals surface area contributed by atoms with Crippen LogP contribution in [0.15, 0.2) is 72.8 Å². The number of ether oxygens (including phenoxy) is 2. The number of benzene rings is 3. The average Bonchev–Trinajstić information content (AvgIpc) is 3.60. The molecule has 0 unspecified atom stereocenters. The van der Waals surface area contributed by atoms with Crippen molar-refractivity contribution < 1.29 is 33.4 Å². The van der Waals surface area contributed by atoms with E-state index in [-0.39, 0.29) is 48.2 Å². The molecule has 4 aromatic rings. The number of thiophene rings is 1. The highest BCUT2D eigenvalue weighted by molar-refractivity contribution is 7.17. The molecule has 0 atom stereocenters. The third-order valence-corrected chi connectivity index (χ3v) is 12.1. The van der Waals surface area contributed by atoms with Gasteiger partial charge in [0.15, 0.2) is 0 Å². The summed E-state index contributed by atoms with van der Waals surface area (Å²) in [7, 11) is 1.37. The van der Waals surface area contributed by atoms with Gasteiger partial charge in [-0.05, 0) is 138 Å². The normalized spacial score (nSPS) is 12.3. The molecule has 1 heterocycles. The lowest BCUT2D eigenvalue weighted by atomic mass is 9.95. The van der Waals surface area contributed by atoms with Gasteiger partial charge in [-0.3, -0.25) is 24.1 Å². The molecule has 60 heavy (non-hydrogen) atoms. The first kappa shape index (κ1) is 45.7. The van der Waals surface area contributed by atoms with Crippen molar-refractivity contribution in [2.75, 3.05) is 37.4 Å². The summed E-state index contributed by atoms with van der Waals surface area (Å²) in [6, 6.07) is 23.0. The zero-order valence-corrected chi connectivity index (χ0v) is 36.8. The van der Waals surface area contributed by atoms with Gasteiger partial charge in [0.05, 0.1) is 24.8 Å². The van der Waals surface area contributed by atoms with E-state index in [9.17, 15) is 24.0 Å². The zero-order valence-electron chi connectivity index (χ0n) is 35.9. The molecule has 0 aliphatic heterocycles. The van der Waals surface area contributed by atoms with Gasteiger partial charge in [-0.15, -0.1) is 11.3 Å². The van der Waals surface area contributed by atoms with Crippen LogP contribution in [-0.2, 0) is 51.3 Å². The molecule has 0 saturated carbocycles. The SMILES string of the molecule is CCOC(=O)CCCC(=O)N(CCN(Cc1cccc(C(=O)Nc2sc3c(c2C(=O)Nc2ccc(CCc4ccc(C(=O)OC)cc4)cc2)CCCC3)c1)C(C)C)C(C)C. The van der Waals surface area contributed by atoms with E-state index in [0.717, 1.165) is 65.7 Å². The average molecular weight is 837 g/mol. The van der Waals surface area contributed by atoms with Gasteiger partial charge >= 0.3 is 11.9 Å². The molecule has 1 aliphatic rings. The second-order valence-electron chi connectivity index (χ2n) is 15.8. The summed E-state index contributed by atoms with van der Waals surface area (Å²) in [4.78, 5) is 69.8. The summed E-state index contributed by atoms with van der Waals surface area (Å²) in [5.41, 5.74) is 6.46. The Kier molecular flexibility index (Phi) is 17.0. The number of carbonyl (C=O) groups excluding carboxylic acids is 5. The van der Waals surface area contributed by atoms with Crippen molar-refractivity contribution in [2.45, 2.75) is 111 Å². The van der Waals surface area contributed by atoms with Crippen molar-refractivity contribution in [2.24, 2.45) is 0 Å². The van der Waals surface area contributed by atoms with Gasteiger partial charge in [0, 0.05) is 60.7 Å². The van der Waals surface area contributed by atoms with Gasteiger partial charge in [0.1, 0.15) is 5.00 Å². The van der Waals surface area contributed by atoms with Gasteiger partial charge < -0.3 is 25.0 Å².